The molecule has 0 saturated heterocycles. The van der Waals surface area contributed by atoms with Crippen LogP contribution in [0.4, 0.5) is 4.39 Å². The zero-order chi connectivity index (χ0) is 11.7. The van der Waals surface area contributed by atoms with Gasteiger partial charge in [0, 0.05) is 5.56 Å². The Bertz CT molecular complexity index is 548. The van der Waals surface area contributed by atoms with Crippen LogP contribution in [0.25, 0.3) is 11.3 Å². The van der Waals surface area contributed by atoms with Crippen molar-refractivity contribution >= 4 is 21.9 Å². The molecule has 0 saturated carbocycles. The third kappa shape index (κ3) is 1.74. The van der Waals surface area contributed by atoms with Crippen LogP contribution in [-0.4, -0.2) is 11.1 Å². The normalized spacial score (nSPS) is 10.4. The van der Waals surface area contributed by atoms with Crippen LogP contribution in [0.3, 0.4) is 0 Å². The highest BCUT2D eigenvalue weighted by Crippen LogP contribution is 2.32. The molecule has 0 aliphatic rings. The summed E-state index contributed by atoms with van der Waals surface area (Å²) in [7, 11) is 0. The lowest BCUT2D eigenvalue weighted by molar-refractivity contribution is 0.0692. The zero-order valence-electron chi connectivity index (χ0n) is 7.91. The van der Waals surface area contributed by atoms with Crippen LogP contribution in [0.1, 0.15) is 10.4 Å². The molecular formula is C11H6BrFO3. The maximum atomic E-state index is 13.4. The van der Waals surface area contributed by atoms with E-state index in [-0.39, 0.29) is 5.56 Å². The van der Waals surface area contributed by atoms with Crippen LogP contribution in [0.2, 0.25) is 0 Å². The predicted molar refractivity (Wildman–Crippen MR) is 58.8 cm³/mol. The number of benzene rings is 1. The summed E-state index contributed by atoms with van der Waals surface area (Å²) >= 11 is 3.20. The number of carboxylic acid groups (broad SMARTS) is 1. The molecule has 1 aromatic heterocycles. The molecule has 0 spiro atoms. The first kappa shape index (κ1) is 10.9. The van der Waals surface area contributed by atoms with E-state index < -0.39 is 17.3 Å². The van der Waals surface area contributed by atoms with Crippen LogP contribution in [0, 0.1) is 5.82 Å². The van der Waals surface area contributed by atoms with E-state index in [2.05, 4.69) is 15.9 Å². The first-order valence-electron chi connectivity index (χ1n) is 4.36. The minimum atomic E-state index is -1.32. The van der Waals surface area contributed by atoms with E-state index >= 15 is 0 Å². The average molecular weight is 285 g/mol. The van der Waals surface area contributed by atoms with Gasteiger partial charge < -0.3 is 9.52 Å². The second-order valence-corrected chi connectivity index (χ2v) is 3.92. The molecule has 1 aromatic carbocycles. The smallest absolute Gasteiger partial charge is 0.339 e. The molecule has 2 rings (SSSR count). The van der Waals surface area contributed by atoms with E-state index in [4.69, 9.17) is 9.52 Å². The maximum absolute atomic E-state index is 13.4. The molecule has 0 amide bonds. The van der Waals surface area contributed by atoms with Gasteiger partial charge in [0.15, 0.2) is 0 Å². The fraction of sp³-hybridized carbons (Fsp3) is 0. The molecule has 0 radical (unpaired) electrons. The van der Waals surface area contributed by atoms with Crippen molar-refractivity contribution in [3.8, 4) is 11.3 Å². The Hall–Kier alpha value is -1.62. The third-order valence-corrected chi connectivity index (χ3v) is 2.71. The molecule has 82 valence electrons. The summed E-state index contributed by atoms with van der Waals surface area (Å²) in [4.78, 5) is 11.0. The molecule has 0 bridgehead atoms. The van der Waals surface area contributed by atoms with Crippen molar-refractivity contribution in [2.24, 2.45) is 0 Å². The van der Waals surface area contributed by atoms with Crippen LogP contribution in [0.15, 0.2) is 39.4 Å². The number of hydrogen-bond acceptors (Lipinski definition) is 2. The molecule has 3 nitrogen and oxygen atoms in total. The summed E-state index contributed by atoms with van der Waals surface area (Å²) in [6.07, 6.45) is 1.40. The van der Waals surface area contributed by atoms with Gasteiger partial charge in [0.1, 0.15) is 17.1 Å². The molecule has 0 fully saturated rings. The molecule has 2 aromatic rings. The lowest BCUT2D eigenvalue weighted by Gasteiger charge is -2.04. The second kappa shape index (κ2) is 4.09. The molecule has 0 aliphatic carbocycles. The zero-order valence-corrected chi connectivity index (χ0v) is 9.49. The van der Waals surface area contributed by atoms with Gasteiger partial charge in [-0.15, -0.1) is 0 Å². The fourth-order valence-electron chi connectivity index (χ4n) is 1.42. The Morgan fingerprint density at radius 2 is 2.12 bits per heavy atom. The van der Waals surface area contributed by atoms with Crippen LogP contribution < -0.4 is 0 Å². The Morgan fingerprint density at radius 3 is 2.69 bits per heavy atom. The van der Waals surface area contributed by atoms with Gasteiger partial charge >= 0.3 is 5.97 Å². The predicted octanol–water partition coefficient (Wildman–Crippen LogP) is 3.55. The number of furan rings is 1. The van der Waals surface area contributed by atoms with E-state index in [0.717, 1.165) is 6.07 Å². The van der Waals surface area contributed by atoms with E-state index in [0.29, 0.717) is 10.2 Å². The fourth-order valence-corrected chi connectivity index (χ4v) is 1.83. The highest BCUT2D eigenvalue weighted by Gasteiger charge is 2.20. The van der Waals surface area contributed by atoms with Crippen LogP contribution in [-0.2, 0) is 0 Å². The summed E-state index contributed by atoms with van der Waals surface area (Å²) in [5, 5.41) is 8.94. The minimum Gasteiger partial charge on any atom is -0.478 e. The van der Waals surface area contributed by atoms with Gasteiger partial charge in [-0.3, -0.25) is 0 Å². The lowest BCUT2D eigenvalue weighted by Crippen LogP contribution is -2.03. The summed E-state index contributed by atoms with van der Waals surface area (Å²) in [6.45, 7) is 0. The highest BCUT2D eigenvalue weighted by molar-refractivity contribution is 9.10. The topological polar surface area (TPSA) is 50.4 Å². The molecule has 16 heavy (non-hydrogen) atoms. The SMILES string of the molecule is O=C(O)c1c(F)cccc1-c1occc1Br. The summed E-state index contributed by atoms with van der Waals surface area (Å²) in [5.41, 5.74) is -0.178. The number of hydrogen-bond donors (Lipinski definition) is 1. The van der Waals surface area contributed by atoms with E-state index in [9.17, 15) is 9.18 Å². The number of carboxylic acids is 1. The molecule has 5 heteroatoms. The number of carbonyl (C=O) groups is 1. The Morgan fingerprint density at radius 1 is 1.38 bits per heavy atom. The van der Waals surface area contributed by atoms with Gasteiger partial charge in [0.25, 0.3) is 0 Å². The summed E-state index contributed by atoms with van der Waals surface area (Å²) in [5.74, 6) is -1.80. The van der Waals surface area contributed by atoms with Crippen molar-refractivity contribution < 1.29 is 18.7 Å². The monoisotopic (exact) mass is 284 g/mol. The van der Waals surface area contributed by atoms with E-state index in [1.165, 1.54) is 18.4 Å². The largest absolute Gasteiger partial charge is 0.478 e. The van der Waals surface area contributed by atoms with Gasteiger partial charge in [-0.05, 0) is 28.1 Å². The molecule has 0 atom stereocenters. The van der Waals surface area contributed by atoms with Gasteiger partial charge in [-0.1, -0.05) is 12.1 Å². The Balaban J connectivity index is 2.70. The van der Waals surface area contributed by atoms with Crippen LogP contribution >= 0.6 is 15.9 Å². The lowest BCUT2D eigenvalue weighted by atomic mass is 10.0. The minimum absolute atomic E-state index is 0.212. The van der Waals surface area contributed by atoms with Crippen molar-refractivity contribution in [2.45, 2.75) is 0 Å². The third-order valence-electron chi connectivity index (χ3n) is 2.09. The molecule has 0 unspecified atom stereocenters. The second-order valence-electron chi connectivity index (χ2n) is 3.07. The Kier molecular flexibility index (Phi) is 2.78. The molecular weight excluding hydrogens is 279 g/mol. The van der Waals surface area contributed by atoms with Gasteiger partial charge in [-0.25, -0.2) is 9.18 Å². The Labute approximate surface area is 98.6 Å². The van der Waals surface area contributed by atoms with Crippen molar-refractivity contribution in [2.75, 3.05) is 0 Å². The number of rotatable bonds is 2. The first-order valence-corrected chi connectivity index (χ1v) is 5.15. The van der Waals surface area contributed by atoms with Crippen molar-refractivity contribution in [3.05, 3.63) is 46.4 Å². The van der Waals surface area contributed by atoms with Gasteiger partial charge in [0.2, 0.25) is 0 Å². The van der Waals surface area contributed by atoms with Crippen LogP contribution in [0.5, 0.6) is 0 Å². The molecule has 1 heterocycles. The molecule has 0 aliphatic heterocycles. The van der Waals surface area contributed by atoms with E-state index in [1.807, 2.05) is 0 Å². The number of aromatic carboxylic acids is 1. The maximum Gasteiger partial charge on any atom is 0.339 e. The highest BCUT2D eigenvalue weighted by atomic mass is 79.9. The van der Waals surface area contributed by atoms with Crippen molar-refractivity contribution in [1.82, 2.24) is 0 Å². The summed E-state index contributed by atoms with van der Waals surface area (Å²) in [6, 6.07) is 5.65. The number of halogens is 2. The van der Waals surface area contributed by atoms with Gasteiger partial charge in [-0.2, -0.15) is 0 Å². The van der Waals surface area contributed by atoms with Crippen molar-refractivity contribution in [1.29, 1.82) is 0 Å². The van der Waals surface area contributed by atoms with Crippen molar-refractivity contribution in [3.63, 3.8) is 0 Å². The summed E-state index contributed by atoms with van der Waals surface area (Å²) < 4.78 is 19.1. The van der Waals surface area contributed by atoms with E-state index in [1.54, 1.807) is 6.07 Å². The average Bonchev–Trinajstić information content (AvgIpc) is 2.63. The standard InChI is InChI=1S/C11H6BrFO3/c12-7-4-5-16-10(7)6-2-1-3-8(13)9(6)11(14)15/h1-5H,(H,14,15). The quantitative estimate of drug-likeness (QED) is 0.918. The first-order chi connectivity index (χ1) is 7.61. The molecule has 1 N–H and O–H groups in total. The van der Waals surface area contributed by atoms with Gasteiger partial charge in [0.05, 0.1) is 10.7 Å².